The van der Waals surface area contributed by atoms with Crippen molar-refractivity contribution in [2.75, 3.05) is 0 Å². The second-order valence-electron chi connectivity index (χ2n) is 3.42. The second kappa shape index (κ2) is 3.86. The van der Waals surface area contributed by atoms with Crippen molar-refractivity contribution in [1.29, 1.82) is 0 Å². The van der Waals surface area contributed by atoms with Gasteiger partial charge in [-0.3, -0.25) is 0 Å². The fraction of sp³-hybridized carbons (Fsp3) is 0.100. The van der Waals surface area contributed by atoms with Crippen LogP contribution in [0.25, 0.3) is 16.3 Å². The summed E-state index contributed by atoms with van der Waals surface area (Å²) in [5.41, 5.74) is 6.29. The third kappa shape index (κ3) is 1.69. The van der Waals surface area contributed by atoms with Gasteiger partial charge in [0.1, 0.15) is 10.8 Å². The van der Waals surface area contributed by atoms with Gasteiger partial charge in [-0.25, -0.2) is 4.39 Å². The molecule has 7 heteroatoms. The maximum Gasteiger partial charge on any atom is 0.235 e. The van der Waals surface area contributed by atoms with Gasteiger partial charge in [0.25, 0.3) is 0 Å². The maximum atomic E-state index is 12.8. The number of aromatic nitrogens is 4. The van der Waals surface area contributed by atoms with E-state index in [4.69, 9.17) is 5.73 Å². The Labute approximate surface area is 99.7 Å². The lowest BCUT2D eigenvalue weighted by Crippen LogP contribution is -1.97. The molecule has 2 N–H and O–H groups in total. The summed E-state index contributed by atoms with van der Waals surface area (Å²) < 4.78 is 14.5. The summed E-state index contributed by atoms with van der Waals surface area (Å²) in [6.07, 6.45) is 0. The summed E-state index contributed by atoms with van der Waals surface area (Å²) >= 11 is 1.40. The first-order valence-corrected chi connectivity index (χ1v) is 5.76. The van der Waals surface area contributed by atoms with Crippen molar-refractivity contribution in [3.8, 4) is 11.4 Å². The third-order valence-electron chi connectivity index (χ3n) is 2.31. The molecule has 1 aromatic carbocycles. The molecule has 0 fully saturated rings. The highest BCUT2D eigenvalue weighted by atomic mass is 32.1. The van der Waals surface area contributed by atoms with Gasteiger partial charge in [-0.2, -0.15) is 9.61 Å². The Balaban J connectivity index is 2.16. The average molecular weight is 249 g/mol. The molecule has 5 nitrogen and oxygen atoms in total. The van der Waals surface area contributed by atoms with Crippen LogP contribution in [0.1, 0.15) is 5.01 Å². The zero-order valence-corrected chi connectivity index (χ0v) is 9.49. The summed E-state index contributed by atoms with van der Waals surface area (Å²) in [5, 5.41) is 13.1. The lowest BCUT2D eigenvalue weighted by atomic mass is 10.2. The van der Waals surface area contributed by atoms with Crippen LogP contribution >= 0.6 is 11.3 Å². The van der Waals surface area contributed by atoms with E-state index < -0.39 is 0 Å². The van der Waals surface area contributed by atoms with Crippen LogP contribution in [0.3, 0.4) is 0 Å². The Morgan fingerprint density at radius 2 is 2.00 bits per heavy atom. The van der Waals surface area contributed by atoms with Crippen molar-refractivity contribution in [1.82, 2.24) is 19.8 Å². The van der Waals surface area contributed by atoms with Crippen molar-refractivity contribution < 1.29 is 4.39 Å². The van der Waals surface area contributed by atoms with Crippen LogP contribution in [0.4, 0.5) is 4.39 Å². The fourth-order valence-corrected chi connectivity index (χ4v) is 2.23. The zero-order valence-electron chi connectivity index (χ0n) is 8.67. The first-order valence-electron chi connectivity index (χ1n) is 4.95. The molecule has 0 unspecified atom stereocenters. The van der Waals surface area contributed by atoms with Crippen LogP contribution in [-0.4, -0.2) is 19.8 Å². The van der Waals surface area contributed by atoms with Crippen LogP contribution in [0.15, 0.2) is 24.3 Å². The number of nitrogens with two attached hydrogens (primary N) is 1. The highest BCUT2D eigenvalue weighted by Gasteiger charge is 2.12. The zero-order chi connectivity index (χ0) is 11.8. The highest BCUT2D eigenvalue weighted by molar-refractivity contribution is 7.16. The van der Waals surface area contributed by atoms with E-state index in [9.17, 15) is 4.39 Å². The van der Waals surface area contributed by atoms with Crippen LogP contribution in [-0.2, 0) is 6.54 Å². The largest absolute Gasteiger partial charge is 0.324 e. The third-order valence-corrected chi connectivity index (χ3v) is 3.23. The van der Waals surface area contributed by atoms with E-state index >= 15 is 0 Å². The Hall–Kier alpha value is -1.86. The average Bonchev–Trinajstić information content (AvgIpc) is 2.89. The molecule has 0 aliphatic carbocycles. The van der Waals surface area contributed by atoms with Crippen molar-refractivity contribution in [3.05, 3.63) is 35.1 Å². The quantitative estimate of drug-likeness (QED) is 0.746. The topological polar surface area (TPSA) is 69.1 Å². The van der Waals surface area contributed by atoms with Gasteiger partial charge in [0.2, 0.25) is 4.96 Å². The summed E-state index contributed by atoms with van der Waals surface area (Å²) in [7, 11) is 0. The molecular formula is C10H8FN5S. The molecule has 2 aromatic heterocycles. The standard InChI is InChI=1S/C10H8FN5S/c11-7-3-1-6(2-4-7)9-13-14-10-16(9)15-8(5-12)17-10/h1-4H,5,12H2. The molecule has 0 spiro atoms. The minimum absolute atomic E-state index is 0.282. The second-order valence-corrected chi connectivity index (χ2v) is 4.47. The van der Waals surface area contributed by atoms with Gasteiger partial charge in [0.15, 0.2) is 5.82 Å². The molecule has 2 heterocycles. The van der Waals surface area contributed by atoms with Gasteiger partial charge in [-0.1, -0.05) is 11.3 Å². The van der Waals surface area contributed by atoms with Gasteiger partial charge < -0.3 is 5.73 Å². The van der Waals surface area contributed by atoms with E-state index in [0.29, 0.717) is 17.3 Å². The molecule has 0 aliphatic heterocycles. The van der Waals surface area contributed by atoms with Crippen LogP contribution in [0.2, 0.25) is 0 Å². The molecule has 0 radical (unpaired) electrons. The summed E-state index contributed by atoms with van der Waals surface area (Å²) in [4.78, 5) is 0.685. The Morgan fingerprint density at radius 1 is 1.24 bits per heavy atom. The molecule has 0 saturated heterocycles. The molecular weight excluding hydrogens is 241 g/mol. The Bertz CT molecular complexity index is 657. The van der Waals surface area contributed by atoms with E-state index in [1.54, 1.807) is 16.6 Å². The van der Waals surface area contributed by atoms with Crippen LogP contribution < -0.4 is 5.73 Å². The van der Waals surface area contributed by atoms with E-state index in [1.807, 2.05) is 0 Å². The first kappa shape index (κ1) is 10.3. The van der Waals surface area contributed by atoms with Crippen molar-refractivity contribution in [2.24, 2.45) is 5.73 Å². The number of nitrogens with zero attached hydrogens (tertiary/aromatic N) is 4. The highest BCUT2D eigenvalue weighted by Crippen LogP contribution is 2.21. The minimum Gasteiger partial charge on any atom is -0.324 e. The van der Waals surface area contributed by atoms with E-state index in [0.717, 1.165) is 10.6 Å². The molecule has 17 heavy (non-hydrogen) atoms. The number of hydrogen-bond donors (Lipinski definition) is 1. The Kier molecular flexibility index (Phi) is 2.34. The number of halogens is 1. The van der Waals surface area contributed by atoms with Crippen LogP contribution in [0, 0.1) is 5.82 Å². The van der Waals surface area contributed by atoms with Crippen molar-refractivity contribution >= 4 is 16.3 Å². The van der Waals surface area contributed by atoms with Gasteiger partial charge in [-0.15, -0.1) is 10.2 Å². The van der Waals surface area contributed by atoms with Gasteiger partial charge in [-0.05, 0) is 24.3 Å². The summed E-state index contributed by atoms with van der Waals surface area (Å²) in [6, 6.07) is 6.06. The molecule has 0 amide bonds. The monoisotopic (exact) mass is 249 g/mol. The molecule has 0 aliphatic rings. The lowest BCUT2D eigenvalue weighted by Gasteiger charge is -1.96. The van der Waals surface area contributed by atoms with Gasteiger partial charge in [0, 0.05) is 12.1 Å². The summed E-state index contributed by atoms with van der Waals surface area (Å²) in [6.45, 7) is 0.372. The smallest absolute Gasteiger partial charge is 0.235 e. The predicted molar refractivity (Wildman–Crippen MR) is 61.9 cm³/mol. The first-order chi connectivity index (χ1) is 8.28. The molecule has 3 rings (SSSR count). The number of rotatable bonds is 2. The molecule has 86 valence electrons. The molecule has 0 saturated carbocycles. The molecule has 3 aromatic rings. The van der Waals surface area contributed by atoms with E-state index in [2.05, 4.69) is 15.3 Å². The molecule has 0 atom stereocenters. The summed E-state index contributed by atoms with van der Waals surface area (Å²) in [5.74, 6) is 0.311. The fourth-order valence-electron chi connectivity index (χ4n) is 1.52. The predicted octanol–water partition coefficient (Wildman–Crippen LogP) is 1.45. The lowest BCUT2D eigenvalue weighted by molar-refractivity contribution is 0.628. The van der Waals surface area contributed by atoms with Gasteiger partial charge >= 0.3 is 0 Å². The normalized spacial score (nSPS) is 11.2. The van der Waals surface area contributed by atoms with Crippen molar-refractivity contribution in [3.63, 3.8) is 0 Å². The SMILES string of the molecule is NCc1nn2c(-c3ccc(F)cc3)nnc2s1. The molecule has 0 bridgehead atoms. The number of hydrogen-bond acceptors (Lipinski definition) is 5. The Morgan fingerprint density at radius 3 is 2.71 bits per heavy atom. The van der Waals surface area contributed by atoms with Gasteiger partial charge in [0.05, 0.1) is 0 Å². The maximum absolute atomic E-state index is 12.8. The number of fused-ring (bicyclic) bond motifs is 1. The van der Waals surface area contributed by atoms with Crippen molar-refractivity contribution in [2.45, 2.75) is 6.54 Å². The minimum atomic E-state index is -0.282. The van der Waals surface area contributed by atoms with E-state index in [-0.39, 0.29) is 5.82 Å². The van der Waals surface area contributed by atoms with E-state index in [1.165, 1.54) is 23.5 Å². The number of benzene rings is 1. The van der Waals surface area contributed by atoms with Crippen LogP contribution in [0.5, 0.6) is 0 Å².